The van der Waals surface area contributed by atoms with Gasteiger partial charge in [-0.25, -0.2) is 4.39 Å². The van der Waals surface area contributed by atoms with Gasteiger partial charge in [-0.05, 0) is 55.3 Å². The maximum Gasteiger partial charge on any atom is 0.573 e. The molecule has 0 aliphatic heterocycles. The third-order valence-electron chi connectivity index (χ3n) is 3.86. The largest absolute Gasteiger partial charge is 0.573 e. The summed E-state index contributed by atoms with van der Waals surface area (Å²) < 4.78 is 56.7. The third kappa shape index (κ3) is 3.37. The van der Waals surface area contributed by atoms with Gasteiger partial charge in [0.25, 0.3) is 0 Å². The number of halogens is 4. The minimum absolute atomic E-state index is 0.267. The molecule has 0 aliphatic rings. The van der Waals surface area contributed by atoms with E-state index in [1.807, 2.05) is 17.6 Å². The molecule has 6 heteroatoms. The van der Waals surface area contributed by atoms with Gasteiger partial charge in [-0.15, -0.1) is 13.2 Å². The highest BCUT2D eigenvalue weighted by Crippen LogP contribution is 2.26. The van der Waals surface area contributed by atoms with Crippen LogP contribution in [0.3, 0.4) is 0 Å². The first-order valence-corrected chi connectivity index (χ1v) is 7.33. The van der Waals surface area contributed by atoms with Crippen molar-refractivity contribution < 1.29 is 22.3 Å². The molecule has 2 aromatic carbocycles. The summed E-state index contributed by atoms with van der Waals surface area (Å²) in [5.41, 5.74) is 2.80. The van der Waals surface area contributed by atoms with E-state index in [0.29, 0.717) is 23.2 Å². The Morgan fingerprint density at radius 1 is 1.04 bits per heavy atom. The molecule has 3 aromatic rings. The molecule has 0 atom stereocenters. The second-order valence-electron chi connectivity index (χ2n) is 5.73. The summed E-state index contributed by atoms with van der Waals surface area (Å²) in [5, 5.41) is 0.897. The Labute approximate surface area is 136 Å². The van der Waals surface area contributed by atoms with Crippen LogP contribution in [0.2, 0.25) is 0 Å². The van der Waals surface area contributed by atoms with E-state index < -0.39 is 6.36 Å². The van der Waals surface area contributed by atoms with Gasteiger partial charge in [-0.3, -0.25) is 0 Å². The molecule has 0 fully saturated rings. The minimum Gasteiger partial charge on any atom is -0.406 e. The highest BCUT2D eigenvalue weighted by atomic mass is 19.4. The molecule has 0 amide bonds. The van der Waals surface area contributed by atoms with Crippen molar-refractivity contribution in [1.29, 1.82) is 0 Å². The predicted molar refractivity (Wildman–Crippen MR) is 83.6 cm³/mol. The highest BCUT2D eigenvalue weighted by Gasteiger charge is 2.31. The van der Waals surface area contributed by atoms with E-state index in [4.69, 9.17) is 0 Å². The Bertz CT molecular complexity index is 896. The average Bonchev–Trinajstić information content (AvgIpc) is 2.74. The van der Waals surface area contributed by atoms with E-state index in [1.54, 1.807) is 19.1 Å². The molecule has 1 heterocycles. The van der Waals surface area contributed by atoms with Crippen LogP contribution in [0.1, 0.15) is 16.8 Å². The number of alkyl halides is 3. The molecule has 0 radical (unpaired) electrons. The first-order valence-electron chi connectivity index (χ1n) is 7.33. The second kappa shape index (κ2) is 5.85. The van der Waals surface area contributed by atoms with E-state index >= 15 is 0 Å². The maximum atomic E-state index is 13.9. The molecular weight excluding hydrogens is 322 g/mol. The zero-order valence-electron chi connectivity index (χ0n) is 13.1. The van der Waals surface area contributed by atoms with Crippen molar-refractivity contribution in [3.05, 3.63) is 65.1 Å². The number of aromatic nitrogens is 1. The Morgan fingerprint density at radius 3 is 2.50 bits per heavy atom. The quantitative estimate of drug-likeness (QED) is 0.588. The lowest BCUT2D eigenvalue weighted by Gasteiger charge is -2.12. The molecule has 0 N–H and O–H groups in total. The van der Waals surface area contributed by atoms with E-state index in [0.717, 1.165) is 11.1 Å². The summed E-state index contributed by atoms with van der Waals surface area (Å²) >= 11 is 0. The lowest BCUT2D eigenvalue weighted by molar-refractivity contribution is -0.274. The Hall–Kier alpha value is -2.50. The summed E-state index contributed by atoms with van der Waals surface area (Å²) in [5.74, 6) is -0.577. The van der Waals surface area contributed by atoms with Crippen LogP contribution in [-0.2, 0) is 6.54 Å². The van der Waals surface area contributed by atoms with E-state index in [1.165, 1.54) is 24.3 Å². The van der Waals surface area contributed by atoms with Gasteiger partial charge in [-0.2, -0.15) is 0 Å². The standard InChI is InChI=1S/C18H15F4NO/c1-11-6-14-7-12(2)23(17(14)9-16(11)19)10-13-4-3-5-15(8-13)24-18(20,21)22/h3-9H,10H2,1-2H3. The van der Waals surface area contributed by atoms with E-state index in [2.05, 4.69) is 4.74 Å². The lowest BCUT2D eigenvalue weighted by Crippen LogP contribution is -2.17. The van der Waals surface area contributed by atoms with Crippen LogP contribution in [0.25, 0.3) is 10.9 Å². The molecule has 2 nitrogen and oxygen atoms in total. The van der Waals surface area contributed by atoms with Crippen molar-refractivity contribution in [1.82, 2.24) is 4.57 Å². The molecule has 0 saturated heterocycles. The molecule has 24 heavy (non-hydrogen) atoms. The van der Waals surface area contributed by atoms with Crippen molar-refractivity contribution in [3.8, 4) is 5.75 Å². The number of hydrogen-bond donors (Lipinski definition) is 0. The van der Waals surface area contributed by atoms with Crippen molar-refractivity contribution in [2.75, 3.05) is 0 Å². The fourth-order valence-corrected chi connectivity index (χ4v) is 2.77. The molecule has 0 aliphatic carbocycles. The Balaban J connectivity index is 1.97. The normalized spacial score (nSPS) is 11.9. The average molecular weight is 337 g/mol. The fourth-order valence-electron chi connectivity index (χ4n) is 2.77. The monoisotopic (exact) mass is 337 g/mol. The van der Waals surface area contributed by atoms with Crippen LogP contribution in [0.5, 0.6) is 5.75 Å². The number of hydrogen-bond acceptors (Lipinski definition) is 1. The van der Waals surface area contributed by atoms with Gasteiger partial charge in [0.1, 0.15) is 11.6 Å². The SMILES string of the molecule is Cc1cc2cc(C)n(Cc3cccc(OC(F)(F)F)c3)c2cc1F. The van der Waals surface area contributed by atoms with Gasteiger partial charge in [0, 0.05) is 17.6 Å². The van der Waals surface area contributed by atoms with Crippen molar-refractivity contribution in [2.24, 2.45) is 0 Å². The van der Waals surface area contributed by atoms with Crippen LogP contribution in [0.4, 0.5) is 17.6 Å². The van der Waals surface area contributed by atoms with Gasteiger partial charge in [0.05, 0.1) is 5.52 Å². The molecule has 0 saturated carbocycles. The van der Waals surface area contributed by atoms with Crippen LogP contribution in [0, 0.1) is 19.7 Å². The summed E-state index contributed by atoms with van der Waals surface area (Å²) in [7, 11) is 0. The van der Waals surface area contributed by atoms with Crippen molar-refractivity contribution >= 4 is 10.9 Å². The van der Waals surface area contributed by atoms with Gasteiger partial charge in [0.15, 0.2) is 0 Å². The number of ether oxygens (including phenoxy) is 1. The molecular formula is C18H15F4NO. The zero-order valence-corrected chi connectivity index (χ0v) is 13.1. The Morgan fingerprint density at radius 2 is 1.79 bits per heavy atom. The number of benzene rings is 2. The molecule has 0 bridgehead atoms. The van der Waals surface area contributed by atoms with Crippen LogP contribution in [0.15, 0.2) is 42.5 Å². The lowest BCUT2D eigenvalue weighted by atomic mass is 10.1. The summed E-state index contributed by atoms with van der Waals surface area (Å²) in [6.07, 6.45) is -4.73. The first kappa shape index (κ1) is 16.4. The maximum absolute atomic E-state index is 13.9. The minimum atomic E-state index is -4.73. The zero-order chi connectivity index (χ0) is 17.5. The predicted octanol–water partition coefficient (Wildman–Crippen LogP) is 5.34. The number of rotatable bonds is 3. The van der Waals surface area contributed by atoms with Gasteiger partial charge in [0.2, 0.25) is 0 Å². The topological polar surface area (TPSA) is 14.2 Å². The second-order valence-corrected chi connectivity index (χ2v) is 5.73. The smallest absolute Gasteiger partial charge is 0.406 e. The first-order chi connectivity index (χ1) is 11.2. The van der Waals surface area contributed by atoms with Gasteiger partial charge in [-0.1, -0.05) is 12.1 Å². The van der Waals surface area contributed by atoms with E-state index in [-0.39, 0.29) is 11.6 Å². The molecule has 1 aromatic heterocycles. The molecule has 3 rings (SSSR count). The highest BCUT2D eigenvalue weighted by molar-refractivity contribution is 5.82. The Kier molecular flexibility index (Phi) is 3.99. The van der Waals surface area contributed by atoms with Crippen LogP contribution in [-0.4, -0.2) is 10.9 Å². The molecule has 0 spiro atoms. The van der Waals surface area contributed by atoms with Crippen molar-refractivity contribution in [3.63, 3.8) is 0 Å². The van der Waals surface area contributed by atoms with Gasteiger partial charge < -0.3 is 9.30 Å². The summed E-state index contributed by atoms with van der Waals surface area (Å²) in [4.78, 5) is 0. The fraction of sp³-hybridized carbons (Fsp3) is 0.222. The summed E-state index contributed by atoms with van der Waals surface area (Å²) in [6.45, 7) is 3.90. The van der Waals surface area contributed by atoms with E-state index in [9.17, 15) is 17.6 Å². The number of nitrogens with zero attached hydrogens (tertiary/aromatic N) is 1. The molecule has 0 unspecified atom stereocenters. The van der Waals surface area contributed by atoms with Gasteiger partial charge >= 0.3 is 6.36 Å². The molecule has 126 valence electrons. The van der Waals surface area contributed by atoms with Crippen molar-refractivity contribution in [2.45, 2.75) is 26.8 Å². The summed E-state index contributed by atoms with van der Waals surface area (Å²) in [6, 6.07) is 10.9. The van der Waals surface area contributed by atoms with Crippen LogP contribution >= 0.6 is 0 Å². The number of aryl methyl sites for hydroxylation is 2. The third-order valence-corrected chi connectivity index (χ3v) is 3.86. The number of fused-ring (bicyclic) bond motifs is 1. The van der Waals surface area contributed by atoms with Crippen LogP contribution < -0.4 is 4.74 Å².